The molecule has 132 valence electrons. The minimum Gasteiger partial charge on any atom is -0.383 e. The monoisotopic (exact) mass is 342 g/mol. The lowest BCUT2D eigenvalue weighted by atomic mass is 10.2. The van der Waals surface area contributed by atoms with Crippen LogP contribution in [0.25, 0.3) is 5.65 Å². The van der Waals surface area contributed by atoms with Gasteiger partial charge in [0.05, 0.1) is 24.8 Å². The lowest BCUT2D eigenvalue weighted by Gasteiger charge is -2.14. The summed E-state index contributed by atoms with van der Waals surface area (Å²) in [5.41, 5.74) is 2.80. The SMILES string of the molecule is COCCn1cnnc1[C@H](C)NC(=O)Cc1cnc2c(C)cccn12. The third-order valence-corrected chi connectivity index (χ3v) is 4.10. The molecule has 0 saturated heterocycles. The maximum Gasteiger partial charge on any atom is 0.226 e. The van der Waals surface area contributed by atoms with Crippen LogP contribution in [0.15, 0.2) is 30.9 Å². The second-order valence-electron chi connectivity index (χ2n) is 5.98. The molecule has 0 aliphatic heterocycles. The van der Waals surface area contributed by atoms with Gasteiger partial charge in [0.1, 0.15) is 12.0 Å². The highest BCUT2D eigenvalue weighted by Crippen LogP contribution is 2.13. The average Bonchev–Trinajstić information content (AvgIpc) is 3.21. The zero-order valence-corrected chi connectivity index (χ0v) is 14.6. The first-order valence-electron chi connectivity index (χ1n) is 8.17. The molecule has 3 aromatic rings. The highest BCUT2D eigenvalue weighted by molar-refractivity contribution is 5.78. The van der Waals surface area contributed by atoms with Crippen LogP contribution >= 0.6 is 0 Å². The van der Waals surface area contributed by atoms with Crippen molar-refractivity contribution in [3.8, 4) is 0 Å². The zero-order chi connectivity index (χ0) is 17.8. The highest BCUT2D eigenvalue weighted by Gasteiger charge is 2.17. The molecule has 8 heteroatoms. The lowest BCUT2D eigenvalue weighted by Crippen LogP contribution is -2.30. The van der Waals surface area contributed by atoms with Crippen LogP contribution in [-0.4, -0.2) is 43.8 Å². The number of rotatable bonds is 7. The van der Waals surface area contributed by atoms with Crippen LogP contribution in [0, 0.1) is 6.92 Å². The van der Waals surface area contributed by atoms with Crippen LogP contribution in [0.1, 0.15) is 30.0 Å². The van der Waals surface area contributed by atoms with Crippen LogP contribution in [0.5, 0.6) is 0 Å². The van der Waals surface area contributed by atoms with Crippen molar-refractivity contribution in [3.05, 3.63) is 47.9 Å². The van der Waals surface area contributed by atoms with Gasteiger partial charge in [-0.3, -0.25) is 4.79 Å². The van der Waals surface area contributed by atoms with Crippen molar-refractivity contribution in [1.82, 2.24) is 29.5 Å². The Morgan fingerprint density at radius 1 is 1.44 bits per heavy atom. The summed E-state index contributed by atoms with van der Waals surface area (Å²) >= 11 is 0. The van der Waals surface area contributed by atoms with E-state index < -0.39 is 0 Å². The molecule has 3 rings (SSSR count). The van der Waals surface area contributed by atoms with E-state index in [1.807, 2.05) is 41.1 Å². The van der Waals surface area contributed by atoms with Gasteiger partial charge in [0.15, 0.2) is 5.82 Å². The van der Waals surface area contributed by atoms with Crippen LogP contribution in [0.4, 0.5) is 0 Å². The van der Waals surface area contributed by atoms with Crippen molar-refractivity contribution >= 4 is 11.6 Å². The molecule has 1 atom stereocenters. The van der Waals surface area contributed by atoms with Gasteiger partial charge in [-0.1, -0.05) is 6.07 Å². The summed E-state index contributed by atoms with van der Waals surface area (Å²) in [7, 11) is 1.65. The van der Waals surface area contributed by atoms with E-state index in [-0.39, 0.29) is 18.4 Å². The number of hydrogen-bond donors (Lipinski definition) is 1. The van der Waals surface area contributed by atoms with E-state index in [0.717, 1.165) is 16.9 Å². The second kappa shape index (κ2) is 7.43. The predicted octanol–water partition coefficient (Wildman–Crippen LogP) is 1.30. The quantitative estimate of drug-likeness (QED) is 0.699. The third-order valence-electron chi connectivity index (χ3n) is 4.10. The van der Waals surface area contributed by atoms with Crippen molar-refractivity contribution in [2.45, 2.75) is 32.9 Å². The number of amides is 1. The van der Waals surface area contributed by atoms with Crippen LogP contribution < -0.4 is 5.32 Å². The first kappa shape index (κ1) is 17.1. The summed E-state index contributed by atoms with van der Waals surface area (Å²) in [6.45, 7) is 5.10. The summed E-state index contributed by atoms with van der Waals surface area (Å²) in [5.74, 6) is 0.622. The molecule has 1 amide bonds. The average molecular weight is 342 g/mol. The van der Waals surface area contributed by atoms with E-state index in [1.54, 1.807) is 19.6 Å². The Labute approximate surface area is 145 Å². The van der Waals surface area contributed by atoms with E-state index >= 15 is 0 Å². The molecule has 0 bridgehead atoms. The number of aromatic nitrogens is 5. The number of imidazole rings is 1. The van der Waals surface area contributed by atoms with Gasteiger partial charge >= 0.3 is 0 Å². The first-order valence-corrected chi connectivity index (χ1v) is 8.17. The van der Waals surface area contributed by atoms with Crippen molar-refractivity contribution in [3.63, 3.8) is 0 Å². The van der Waals surface area contributed by atoms with E-state index in [2.05, 4.69) is 20.5 Å². The van der Waals surface area contributed by atoms with Gasteiger partial charge in [-0.05, 0) is 25.5 Å². The van der Waals surface area contributed by atoms with Gasteiger partial charge in [0.25, 0.3) is 0 Å². The number of nitrogens with zero attached hydrogens (tertiary/aromatic N) is 5. The molecule has 3 heterocycles. The summed E-state index contributed by atoms with van der Waals surface area (Å²) in [6.07, 6.45) is 5.56. The molecular weight excluding hydrogens is 320 g/mol. The summed E-state index contributed by atoms with van der Waals surface area (Å²) in [6, 6.07) is 3.71. The molecule has 0 aliphatic rings. The zero-order valence-electron chi connectivity index (χ0n) is 14.6. The molecular formula is C17H22N6O2. The van der Waals surface area contributed by atoms with Crippen LogP contribution in [-0.2, 0) is 22.5 Å². The van der Waals surface area contributed by atoms with Crippen molar-refractivity contribution < 1.29 is 9.53 Å². The molecule has 25 heavy (non-hydrogen) atoms. The molecule has 0 aliphatic carbocycles. The van der Waals surface area contributed by atoms with Crippen molar-refractivity contribution in [2.24, 2.45) is 0 Å². The predicted molar refractivity (Wildman–Crippen MR) is 92.1 cm³/mol. The van der Waals surface area contributed by atoms with Gasteiger partial charge < -0.3 is 19.0 Å². The number of carbonyl (C=O) groups excluding carboxylic acids is 1. The molecule has 0 aromatic carbocycles. The fraction of sp³-hybridized carbons (Fsp3) is 0.412. The number of ether oxygens (including phenoxy) is 1. The van der Waals surface area contributed by atoms with Gasteiger partial charge in [0, 0.05) is 26.0 Å². The molecule has 0 saturated carbocycles. The van der Waals surface area contributed by atoms with Gasteiger partial charge in [-0.25, -0.2) is 4.98 Å². The summed E-state index contributed by atoms with van der Waals surface area (Å²) in [4.78, 5) is 16.8. The Kier molecular flexibility index (Phi) is 5.08. The number of fused-ring (bicyclic) bond motifs is 1. The molecule has 0 fully saturated rings. The number of carbonyl (C=O) groups is 1. The van der Waals surface area contributed by atoms with E-state index in [1.165, 1.54) is 0 Å². The number of nitrogens with one attached hydrogen (secondary N) is 1. The van der Waals surface area contributed by atoms with Gasteiger partial charge in [0.2, 0.25) is 5.91 Å². The molecule has 8 nitrogen and oxygen atoms in total. The summed E-state index contributed by atoms with van der Waals surface area (Å²) in [5, 5.41) is 11.0. The van der Waals surface area contributed by atoms with Crippen molar-refractivity contribution in [2.75, 3.05) is 13.7 Å². The van der Waals surface area contributed by atoms with E-state index in [9.17, 15) is 4.79 Å². The minimum absolute atomic E-state index is 0.0860. The van der Waals surface area contributed by atoms with Crippen LogP contribution in [0.3, 0.4) is 0 Å². The first-order chi connectivity index (χ1) is 12.1. The number of hydrogen-bond acceptors (Lipinski definition) is 5. The van der Waals surface area contributed by atoms with Crippen LogP contribution in [0.2, 0.25) is 0 Å². The second-order valence-corrected chi connectivity index (χ2v) is 5.98. The number of pyridine rings is 1. The smallest absolute Gasteiger partial charge is 0.226 e. The Bertz CT molecular complexity index is 869. The Balaban J connectivity index is 1.68. The molecule has 0 spiro atoms. The maximum atomic E-state index is 12.4. The van der Waals surface area contributed by atoms with Crippen molar-refractivity contribution in [1.29, 1.82) is 0 Å². The Morgan fingerprint density at radius 2 is 2.28 bits per heavy atom. The minimum atomic E-state index is -0.243. The topological polar surface area (TPSA) is 86.3 Å². The molecule has 1 N–H and O–H groups in total. The maximum absolute atomic E-state index is 12.4. The molecule has 0 unspecified atom stereocenters. The highest BCUT2D eigenvalue weighted by atomic mass is 16.5. The standard InChI is InChI=1S/C17H22N6O2/c1-12-5-4-6-23-14(10-18-16(12)23)9-15(24)20-13(2)17-21-19-11-22(17)7-8-25-3/h4-6,10-11,13H,7-9H2,1-3H3,(H,20,24)/t13-/m0/s1. The fourth-order valence-corrected chi connectivity index (χ4v) is 2.82. The largest absolute Gasteiger partial charge is 0.383 e. The molecule has 0 radical (unpaired) electrons. The lowest BCUT2D eigenvalue weighted by molar-refractivity contribution is -0.121. The normalized spacial score (nSPS) is 12.4. The number of aryl methyl sites for hydroxylation is 1. The van der Waals surface area contributed by atoms with Gasteiger partial charge in [-0.15, -0.1) is 10.2 Å². The summed E-state index contributed by atoms with van der Waals surface area (Å²) < 4.78 is 8.90. The van der Waals surface area contributed by atoms with Gasteiger partial charge in [-0.2, -0.15) is 0 Å². The number of methoxy groups -OCH3 is 1. The third kappa shape index (κ3) is 3.69. The van der Waals surface area contributed by atoms with E-state index in [4.69, 9.17) is 4.74 Å². The fourth-order valence-electron chi connectivity index (χ4n) is 2.82. The Hall–Kier alpha value is -2.74. The van der Waals surface area contributed by atoms with E-state index in [0.29, 0.717) is 19.0 Å². The molecule has 3 aromatic heterocycles. The Morgan fingerprint density at radius 3 is 3.08 bits per heavy atom.